The highest BCUT2D eigenvalue weighted by molar-refractivity contribution is 9.10. The normalized spacial score (nSPS) is 11.6. The summed E-state index contributed by atoms with van der Waals surface area (Å²) in [6.45, 7) is 1.50. The zero-order valence-electron chi connectivity index (χ0n) is 12.1. The van der Waals surface area contributed by atoms with Crippen LogP contribution in [0.1, 0.15) is 17.4 Å². The minimum atomic E-state index is -0.945. The Hall–Kier alpha value is -2.28. The number of amides is 1. The van der Waals surface area contributed by atoms with E-state index < -0.39 is 18.0 Å². The van der Waals surface area contributed by atoms with Crippen molar-refractivity contribution in [3.05, 3.63) is 46.7 Å². The standard InChI is InChI=1S/C15H15BrN2O4/c1-9(22-15(20)12-7-10(16)8-17-12)14(19)18-11-5-3-4-6-13(11)21-2/h3-9,17H,1-2H3,(H,18,19). The topological polar surface area (TPSA) is 80.4 Å². The van der Waals surface area contributed by atoms with Crippen molar-refractivity contribution in [3.63, 3.8) is 0 Å². The van der Waals surface area contributed by atoms with Crippen molar-refractivity contribution < 1.29 is 19.1 Å². The van der Waals surface area contributed by atoms with Gasteiger partial charge in [-0.1, -0.05) is 12.1 Å². The summed E-state index contributed by atoms with van der Waals surface area (Å²) in [6.07, 6.45) is 0.662. The van der Waals surface area contributed by atoms with Crippen LogP contribution in [0.15, 0.2) is 41.0 Å². The molecule has 1 amide bonds. The molecule has 7 heteroatoms. The lowest BCUT2D eigenvalue weighted by Gasteiger charge is -2.14. The number of anilines is 1. The Balaban J connectivity index is 1.99. The molecule has 0 saturated carbocycles. The number of rotatable bonds is 5. The van der Waals surface area contributed by atoms with Crippen LogP contribution in [-0.4, -0.2) is 30.1 Å². The second-order valence-corrected chi connectivity index (χ2v) is 5.38. The molecule has 1 aromatic carbocycles. The van der Waals surface area contributed by atoms with E-state index in [2.05, 4.69) is 26.2 Å². The van der Waals surface area contributed by atoms with Crippen LogP contribution in [0.25, 0.3) is 0 Å². The molecule has 0 radical (unpaired) electrons. The van der Waals surface area contributed by atoms with E-state index >= 15 is 0 Å². The SMILES string of the molecule is COc1ccccc1NC(=O)C(C)OC(=O)c1cc(Br)c[nH]1. The number of methoxy groups -OCH3 is 1. The summed E-state index contributed by atoms with van der Waals surface area (Å²) in [7, 11) is 1.51. The number of H-pyrrole nitrogens is 1. The van der Waals surface area contributed by atoms with Gasteiger partial charge in [0.1, 0.15) is 11.4 Å². The molecule has 0 fully saturated rings. The van der Waals surface area contributed by atoms with Crippen LogP contribution >= 0.6 is 15.9 Å². The zero-order valence-corrected chi connectivity index (χ0v) is 13.6. The summed E-state index contributed by atoms with van der Waals surface area (Å²) in [4.78, 5) is 26.7. The first-order chi connectivity index (χ1) is 10.5. The third-order valence-electron chi connectivity index (χ3n) is 2.89. The van der Waals surface area contributed by atoms with Gasteiger partial charge in [0.15, 0.2) is 6.10 Å². The molecule has 1 unspecified atom stereocenters. The Labute approximate surface area is 135 Å². The average molecular weight is 367 g/mol. The molecule has 116 valence electrons. The zero-order chi connectivity index (χ0) is 16.1. The van der Waals surface area contributed by atoms with Crippen molar-refractivity contribution in [3.8, 4) is 5.75 Å². The Morgan fingerprint density at radius 2 is 2.05 bits per heavy atom. The number of hydrogen-bond donors (Lipinski definition) is 2. The van der Waals surface area contributed by atoms with E-state index in [0.29, 0.717) is 11.4 Å². The molecular weight excluding hydrogens is 352 g/mol. The number of ether oxygens (including phenoxy) is 2. The fraction of sp³-hybridized carbons (Fsp3) is 0.200. The highest BCUT2D eigenvalue weighted by Gasteiger charge is 2.20. The molecule has 0 spiro atoms. The number of hydrogen-bond acceptors (Lipinski definition) is 4. The van der Waals surface area contributed by atoms with Crippen molar-refractivity contribution >= 4 is 33.5 Å². The molecule has 2 N–H and O–H groups in total. The third-order valence-corrected chi connectivity index (χ3v) is 3.34. The minimum absolute atomic E-state index is 0.267. The quantitative estimate of drug-likeness (QED) is 0.797. The number of carbonyl (C=O) groups is 2. The predicted molar refractivity (Wildman–Crippen MR) is 85.0 cm³/mol. The fourth-order valence-corrected chi connectivity index (χ4v) is 2.09. The molecule has 6 nitrogen and oxygen atoms in total. The van der Waals surface area contributed by atoms with Gasteiger partial charge in [-0.15, -0.1) is 0 Å². The lowest BCUT2D eigenvalue weighted by atomic mass is 10.2. The molecule has 1 aromatic heterocycles. The number of nitrogens with one attached hydrogen (secondary N) is 2. The van der Waals surface area contributed by atoms with Crippen LogP contribution < -0.4 is 10.1 Å². The number of carbonyl (C=O) groups excluding carboxylic acids is 2. The second-order valence-electron chi connectivity index (χ2n) is 4.47. The van der Waals surface area contributed by atoms with Gasteiger partial charge < -0.3 is 19.8 Å². The third kappa shape index (κ3) is 3.88. The first-order valence-corrected chi connectivity index (χ1v) is 7.29. The Morgan fingerprint density at radius 3 is 2.68 bits per heavy atom. The molecule has 1 heterocycles. The van der Waals surface area contributed by atoms with E-state index in [1.807, 2.05) is 0 Å². The number of aromatic amines is 1. The Morgan fingerprint density at radius 1 is 1.32 bits per heavy atom. The van der Waals surface area contributed by atoms with Crippen molar-refractivity contribution in [1.29, 1.82) is 0 Å². The van der Waals surface area contributed by atoms with E-state index in [4.69, 9.17) is 9.47 Å². The summed E-state index contributed by atoms with van der Waals surface area (Å²) in [5.41, 5.74) is 0.782. The number of benzene rings is 1. The largest absolute Gasteiger partial charge is 0.495 e. The van der Waals surface area contributed by atoms with Crippen LogP contribution in [0.2, 0.25) is 0 Å². The molecule has 22 heavy (non-hydrogen) atoms. The smallest absolute Gasteiger partial charge is 0.355 e. The van der Waals surface area contributed by atoms with Gasteiger partial charge in [-0.05, 0) is 41.1 Å². The van der Waals surface area contributed by atoms with E-state index in [1.54, 1.807) is 36.5 Å². The summed E-state index contributed by atoms with van der Waals surface area (Å²) < 4.78 is 11.0. The van der Waals surface area contributed by atoms with Gasteiger partial charge in [0, 0.05) is 10.7 Å². The van der Waals surface area contributed by atoms with Crippen LogP contribution in [0.4, 0.5) is 5.69 Å². The van der Waals surface area contributed by atoms with Crippen LogP contribution in [0.5, 0.6) is 5.75 Å². The van der Waals surface area contributed by atoms with Gasteiger partial charge in [-0.3, -0.25) is 4.79 Å². The van der Waals surface area contributed by atoms with Crippen molar-refractivity contribution in [2.24, 2.45) is 0 Å². The predicted octanol–water partition coefficient (Wildman–Crippen LogP) is 2.97. The first kappa shape index (κ1) is 16.1. The molecule has 2 aromatic rings. The molecular formula is C15H15BrN2O4. The maximum atomic E-state index is 12.1. The second kappa shape index (κ2) is 7.13. The van der Waals surface area contributed by atoms with E-state index in [1.165, 1.54) is 14.0 Å². The molecule has 0 bridgehead atoms. The molecule has 0 saturated heterocycles. The summed E-state index contributed by atoms with van der Waals surface area (Å²) >= 11 is 3.22. The lowest BCUT2D eigenvalue weighted by Crippen LogP contribution is -2.30. The van der Waals surface area contributed by atoms with Crippen LogP contribution in [0.3, 0.4) is 0 Å². The maximum Gasteiger partial charge on any atom is 0.355 e. The summed E-state index contributed by atoms with van der Waals surface area (Å²) in [6, 6.07) is 8.57. The summed E-state index contributed by atoms with van der Waals surface area (Å²) in [5, 5.41) is 2.66. The molecule has 1 atom stereocenters. The van der Waals surface area contributed by atoms with E-state index in [-0.39, 0.29) is 5.69 Å². The van der Waals surface area contributed by atoms with Crippen LogP contribution in [0, 0.1) is 0 Å². The van der Waals surface area contributed by atoms with Crippen LogP contribution in [-0.2, 0) is 9.53 Å². The average Bonchev–Trinajstić information content (AvgIpc) is 2.94. The summed E-state index contributed by atoms with van der Waals surface area (Å²) in [5.74, 6) is -0.514. The number of halogens is 1. The number of aromatic nitrogens is 1. The van der Waals surface area contributed by atoms with Gasteiger partial charge >= 0.3 is 5.97 Å². The van der Waals surface area contributed by atoms with Crippen molar-refractivity contribution in [2.45, 2.75) is 13.0 Å². The first-order valence-electron chi connectivity index (χ1n) is 6.50. The van der Waals surface area contributed by atoms with Gasteiger partial charge in [0.2, 0.25) is 0 Å². The minimum Gasteiger partial charge on any atom is -0.495 e. The highest BCUT2D eigenvalue weighted by Crippen LogP contribution is 2.23. The van der Waals surface area contributed by atoms with E-state index in [9.17, 15) is 9.59 Å². The van der Waals surface area contributed by atoms with Crippen molar-refractivity contribution in [1.82, 2.24) is 4.98 Å². The molecule has 0 aliphatic heterocycles. The maximum absolute atomic E-state index is 12.1. The van der Waals surface area contributed by atoms with Gasteiger partial charge in [0.25, 0.3) is 5.91 Å². The highest BCUT2D eigenvalue weighted by atomic mass is 79.9. The Bertz CT molecular complexity index is 684. The van der Waals surface area contributed by atoms with Gasteiger partial charge in [-0.2, -0.15) is 0 Å². The molecule has 0 aliphatic carbocycles. The van der Waals surface area contributed by atoms with Gasteiger partial charge in [0.05, 0.1) is 12.8 Å². The van der Waals surface area contributed by atoms with Gasteiger partial charge in [-0.25, -0.2) is 4.79 Å². The number of para-hydroxylation sites is 2. The fourth-order valence-electron chi connectivity index (χ4n) is 1.75. The number of esters is 1. The van der Waals surface area contributed by atoms with E-state index in [0.717, 1.165) is 4.47 Å². The van der Waals surface area contributed by atoms with Crippen molar-refractivity contribution in [2.75, 3.05) is 12.4 Å². The monoisotopic (exact) mass is 366 g/mol. The lowest BCUT2D eigenvalue weighted by molar-refractivity contribution is -0.123. The Kier molecular flexibility index (Phi) is 5.21. The molecule has 2 rings (SSSR count). The molecule has 0 aliphatic rings.